The fourth-order valence-corrected chi connectivity index (χ4v) is 1.15. The number of benzene rings is 1. The van der Waals surface area contributed by atoms with Crippen molar-refractivity contribution < 1.29 is 32.7 Å². The van der Waals surface area contributed by atoms with E-state index in [1.807, 2.05) is 0 Å². The first-order chi connectivity index (χ1) is 8.71. The van der Waals surface area contributed by atoms with Crippen molar-refractivity contribution in [3.05, 3.63) is 34.4 Å². The molecule has 0 saturated heterocycles. The number of nitro groups is 1. The number of hydrogen-bond acceptors (Lipinski definition) is 4. The molecule has 0 aliphatic carbocycles. The summed E-state index contributed by atoms with van der Waals surface area (Å²) in [5.74, 6) is -4.78. The average molecular weight is 279 g/mol. The molecular formula is C10H8F3NO5. The van der Waals surface area contributed by atoms with Gasteiger partial charge in [0.15, 0.2) is 5.92 Å². The van der Waals surface area contributed by atoms with Crippen molar-refractivity contribution in [2.75, 3.05) is 6.61 Å². The SMILES string of the molecule is O=C(O)C(COc1ccc([N+](=O)[O-])cc1)C(F)(F)F. The molecule has 0 amide bonds. The second kappa shape index (κ2) is 5.55. The number of carboxylic acid groups (broad SMARTS) is 1. The molecule has 6 nitrogen and oxygen atoms in total. The Balaban J connectivity index is 2.70. The largest absolute Gasteiger partial charge is 0.492 e. The second-order valence-electron chi connectivity index (χ2n) is 3.49. The Labute approximate surface area is 104 Å². The summed E-state index contributed by atoms with van der Waals surface area (Å²) in [6.07, 6.45) is -4.92. The van der Waals surface area contributed by atoms with Crippen LogP contribution in [-0.2, 0) is 4.79 Å². The number of halogens is 3. The van der Waals surface area contributed by atoms with E-state index >= 15 is 0 Å². The first-order valence-electron chi connectivity index (χ1n) is 4.88. The minimum atomic E-state index is -4.92. The Kier molecular flexibility index (Phi) is 4.30. The van der Waals surface area contributed by atoms with Gasteiger partial charge in [0.05, 0.1) is 4.92 Å². The zero-order chi connectivity index (χ0) is 14.6. The number of ether oxygens (including phenoxy) is 1. The minimum absolute atomic E-state index is 0.0823. The molecule has 1 aromatic carbocycles. The minimum Gasteiger partial charge on any atom is -0.492 e. The summed E-state index contributed by atoms with van der Waals surface area (Å²) in [6.45, 7) is -1.10. The van der Waals surface area contributed by atoms with Crippen LogP contribution in [0.4, 0.5) is 18.9 Å². The van der Waals surface area contributed by atoms with E-state index in [0.717, 1.165) is 24.3 Å². The van der Waals surface area contributed by atoms with Crippen molar-refractivity contribution in [3.63, 3.8) is 0 Å². The number of aliphatic carboxylic acids is 1. The predicted octanol–water partition coefficient (Wildman–Crippen LogP) is 2.24. The third-order valence-electron chi connectivity index (χ3n) is 2.16. The van der Waals surface area contributed by atoms with Gasteiger partial charge >= 0.3 is 12.1 Å². The molecule has 19 heavy (non-hydrogen) atoms. The number of rotatable bonds is 5. The van der Waals surface area contributed by atoms with Crippen LogP contribution >= 0.6 is 0 Å². The van der Waals surface area contributed by atoms with Crippen molar-refractivity contribution in [1.82, 2.24) is 0 Å². The lowest BCUT2D eigenvalue weighted by Crippen LogP contribution is -2.35. The van der Waals surface area contributed by atoms with Gasteiger partial charge in [0.25, 0.3) is 5.69 Å². The molecule has 104 valence electrons. The predicted molar refractivity (Wildman–Crippen MR) is 55.8 cm³/mol. The number of carboxylic acids is 1. The summed E-state index contributed by atoms with van der Waals surface area (Å²) in [6, 6.07) is 4.26. The molecule has 0 heterocycles. The topological polar surface area (TPSA) is 89.7 Å². The van der Waals surface area contributed by atoms with Gasteiger partial charge in [0, 0.05) is 12.1 Å². The Hall–Kier alpha value is -2.32. The van der Waals surface area contributed by atoms with E-state index < -0.39 is 29.6 Å². The van der Waals surface area contributed by atoms with E-state index in [4.69, 9.17) is 5.11 Å². The molecule has 0 aromatic heterocycles. The summed E-state index contributed by atoms with van der Waals surface area (Å²) < 4.78 is 41.5. The lowest BCUT2D eigenvalue weighted by atomic mass is 10.1. The molecule has 0 saturated carbocycles. The Morgan fingerprint density at radius 3 is 2.26 bits per heavy atom. The highest BCUT2D eigenvalue weighted by atomic mass is 19.4. The summed E-state index contributed by atoms with van der Waals surface area (Å²) in [5.41, 5.74) is -0.252. The molecule has 1 atom stereocenters. The van der Waals surface area contributed by atoms with Crippen LogP contribution in [0.25, 0.3) is 0 Å². The first kappa shape index (κ1) is 14.7. The standard InChI is InChI=1S/C10H8F3NO5/c11-10(12,13)8(9(15)16)5-19-7-3-1-6(2-4-7)14(17)18/h1-4,8H,5H2,(H,15,16). The maximum Gasteiger partial charge on any atom is 0.405 e. The smallest absolute Gasteiger partial charge is 0.405 e. The third kappa shape index (κ3) is 4.12. The third-order valence-corrected chi connectivity index (χ3v) is 2.16. The maximum atomic E-state index is 12.3. The number of nitrogens with zero attached hydrogens (tertiary/aromatic N) is 1. The molecule has 1 N–H and O–H groups in total. The van der Waals surface area contributed by atoms with Crippen molar-refractivity contribution in [2.45, 2.75) is 6.18 Å². The van der Waals surface area contributed by atoms with Crippen molar-refractivity contribution in [2.24, 2.45) is 5.92 Å². The van der Waals surface area contributed by atoms with Gasteiger partial charge in [-0.2, -0.15) is 13.2 Å². The summed E-state index contributed by atoms with van der Waals surface area (Å²) in [4.78, 5) is 20.1. The fraction of sp³-hybridized carbons (Fsp3) is 0.300. The van der Waals surface area contributed by atoms with Gasteiger partial charge in [-0.05, 0) is 12.1 Å². The maximum absolute atomic E-state index is 12.3. The van der Waals surface area contributed by atoms with Gasteiger partial charge in [0.1, 0.15) is 12.4 Å². The van der Waals surface area contributed by atoms with Crippen LogP contribution in [-0.4, -0.2) is 28.8 Å². The summed E-state index contributed by atoms with van der Waals surface area (Å²) in [7, 11) is 0. The van der Waals surface area contributed by atoms with Gasteiger partial charge in [-0.15, -0.1) is 0 Å². The number of carbonyl (C=O) groups is 1. The fourth-order valence-electron chi connectivity index (χ4n) is 1.15. The highest BCUT2D eigenvalue weighted by Crippen LogP contribution is 2.27. The molecule has 0 spiro atoms. The number of alkyl halides is 3. The van der Waals surface area contributed by atoms with E-state index in [9.17, 15) is 28.1 Å². The van der Waals surface area contributed by atoms with E-state index in [-0.39, 0.29) is 11.4 Å². The van der Waals surface area contributed by atoms with E-state index in [2.05, 4.69) is 4.74 Å². The molecule has 0 aliphatic heterocycles. The van der Waals surface area contributed by atoms with Crippen LogP contribution in [0, 0.1) is 16.0 Å². The molecular weight excluding hydrogens is 271 g/mol. The van der Waals surface area contributed by atoms with E-state index in [1.54, 1.807) is 0 Å². The highest BCUT2D eigenvalue weighted by Gasteiger charge is 2.45. The molecule has 1 aromatic rings. The zero-order valence-corrected chi connectivity index (χ0v) is 9.26. The highest BCUT2D eigenvalue weighted by molar-refractivity contribution is 5.71. The monoisotopic (exact) mass is 279 g/mol. The lowest BCUT2D eigenvalue weighted by molar-refractivity contribution is -0.384. The van der Waals surface area contributed by atoms with Gasteiger partial charge in [0.2, 0.25) is 0 Å². The molecule has 0 bridgehead atoms. The Bertz CT molecular complexity index is 471. The van der Waals surface area contributed by atoms with Gasteiger partial charge in [-0.1, -0.05) is 0 Å². The van der Waals surface area contributed by atoms with Gasteiger partial charge in [-0.25, -0.2) is 0 Å². The van der Waals surface area contributed by atoms with Crippen LogP contribution in [0.1, 0.15) is 0 Å². The lowest BCUT2D eigenvalue weighted by Gasteiger charge is -2.16. The van der Waals surface area contributed by atoms with Crippen molar-refractivity contribution in [3.8, 4) is 5.75 Å². The van der Waals surface area contributed by atoms with Gasteiger partial charge in [-0.3, -0.25) is 14.9 Å². The van der Waals surface area contributed by atoms with Crippen molar-refractivity contribution in [1.29, 1.82) is 0 Å². The Morgan fingerprint density at radius 1 is 1.37 bits per heavy atom. The molecule has 1 unspecified atom stereocenters. The molecule has 9 heteroatoms. The van der Waals surface area contributed by atoms with Crippen molar-refractivity contribution >= 4 is 11.7 Å². The molecule has 0 radical (unpaired) electrons. The number of hydrogen-bond donors (Lipinski definition) is 1. The summed E-state index contributed by atoms with van der Waals surface area (Å²) >= 11 is 0. The van der Waals surface area contributed by atoms with E-state index in [0.29, 0.717) is 0 Å². The zero-order valence-electron chi connectivity index (χ0n) is 9.26. The van der Waals surface area contributed by atoms with E-state index in [1.165, 1.54) is 0 Å². The van der Waals surface area contributed by atoms with Crippen LogP contribution in [0.2, 0.25) is 0 Å². The van der Waals surface area contributed by atoms with Crippen LogP contribution < -0.4 is 4.74 Å². The van der Waals surface area contributed by atoms with Crippen LogP contribution in [0.5, 0.6) is 5.75 Å². The van der Waals surface area contributed by atoms with Crippen LogP contribution in [0.3, 0.4) is 0 Å². The van der Waals surface area contributed by atoms with Gasteiger partial charge < -0.3 is 9.84 Å². The second-order valence-corrected chi connectivity index (χ2v) is 3.49. The first-order valence-corrected chi connectivity index (χ1v) is 4.88. The molecule has 0 aliphatic rings. The number of nitro benzene ring substituents is 1. The Morgan fingerprint density at radius 2 is 1.89 bits per heavy atom. The molecule has 0 fully saturated rings. The average Bonchev–Trinajstić information content (AvgIpc) is 2.27. The normalized spacial score (nSPS) is 12.8. The quantitative estimate of drug-likeness (QED) is 0.659. The van der Waals surface area contributed by atoms with Crippen LogP contribution in [0.15, 0.2) is 24.3 Å². The molecule has 1 rings (SSSR count). The summed E-state index contributed by atoms with van der Waals surface area (Å²) in [5, 5.41) is 18.8. The number of non-ortho nitro benzene ring substituents is 1.